The summed E-state index contributed by atoms with van der Waals surface area (Å²) in [5.74, 6) is 0.516. The number of ether oxygens (including phenoxy) is 2. The number of rotatable bonds is 6. The second-order valence-electron chi connectivity index (χ2n) is 5.09. The molecule has 0 bridgehead atoms. The Hall–Kier alpha value is -1.59. The first-order chi connectivity index (χ1) is 9.81. The molecule has 20 heavy (non-hydrogen) atoms. The average Bonchev–Trinajstić information content (AvgIpc) is 2.73. The summed E-state index contributed by atoms with van der Waals surface area (Å²) in [6.07, 6.45) is 8.39. The third-order valence-electron chi connectivity index (χ3n) is 3.38. The monoisotopic (exact) mass is 280 g/mol. The van der Waals surface area contributed by atoms with Gasteiger partial charge in [0.25, 0.3) is 0 Å². The van der Waals surface area contributed by atoms with Crippen LogP contribution in [0, 0.1) is 0 Å². The van der Waals surface area contributed by atoms with Gasteiger partial charge >= 0.3 is 12.0 Å². The van der Waals surface area contributed by atoms with Gasteiger partial charge in [-0.1, -0.05) is 19.8 Å². The summed E-state index contributed by atoms with van der Waals surface area (Å²) in [5, 5.41) is 3.14. The first-order valence-electron chi connectivity index (χ1n) is 7.52. The van der Waals surface area contributed by atoms with Crippen LogP contribution in [-0.2, 0) is 0 Å². The predicted molar refractivity (Wildman–Crippen MR) is 77.3 cm³/mol. The zero-order valence-corrected chi connectivity index (χ0v) is 12.4. The molecule has 6 nitrogen and oxygen atoms in total. The van der Waals surface area contributed by atoms with Crippen LogP contribution in [0.5, 0.6) is 12.0 Å². The molecule has 1 aromatic heterocycles. The van der Waals surface area contributed by atoms with E-state index in [1.54, 1.807) is 7.11 Å². The van der Waals surface area contributed by atoms with Crippen LogP contribution >= 0.6 is 0 Å². The fourth-order valence-corrected chi connectivity index (χ4v) is 2.31. The molecule has 0 radical (unpaired) electrons. The van der Waals surface area contributed by atoms with Crippen LogP contribution in [0.1, 0.15) is 51.9 Å². The molecule has 1 aliphatic rings. The number of nitrogens with zero attached hydrogens (tertiary/aromatic N) is 3. The van der Waals surface area contributed by atoms with Gasteiger partial charge in [-0.15, -0.1) is 4.98 Å². The molecule has 1 aliphatic carbocycles. The molecule has 0 amide bonds. The van der Waals surface area contributed by atoms with E-state index in [0.717, 1.165) is 25.8 Å². The number of hydrogen-bond acceptors (Lipinski definition) is 6. The Morgan fingerprint density at radius 1 is 1.05 bits per heavy atom. The fraction of sp³-hybridized carbons (Fsp3) is 0.786. The number of nitrogens with one attached hydrogen (secondary N) is 1. The minimum absolute atomic E-state index is 0.212. The molecule has 1 N–H and O–H groups in total. The highest BCUT2D eigenvalue weighted by Gasteiger charge is 2.16. The van der Waals surface area contributed by atoms with Crippen LogP contribution in [0.2, 0.25) is 0 Å². The Bertz CT molecular complexity index is 406. The Morgan fingerprint density at radius 2 is 1.75 bits per heavy atom. The molecular weight excluding hydrogens is 256 g/mol. The van der Waals surface area contributed by atoms with E-state index >= 15 is 0 Å². The van der Waals surface area contributed by atoms with E-state index in [4.69, 9.17) is 9.47 Å². The summed E-state index contributed by atoms with van der Waals surface area (Å²) < 4.78 is 11.0. The van der Waals surface area contributed by atoms with Crippen molar-refractivity contribution in [2.24, 2.45) is 0 Å². The van der Waals surface area contributed by atoms with Gasteiger partial charge in [0.15, 0.2) is 0 Å². The van der Waals surface area contributed by atoms with Gasteiger partial charge in [0.1, 0.15) is 6.10 Å². The van der Waals surface area contributed by atoms with Crippen molar-refractivity contribution in [3.8, 4) is 12.0 Å². The lowest BCUT2D eigenvalue weighted by Crippen LogP contribution is -2.18. The van der Waals surface area contributed by atoms with Crippen LogP contribution in [0.25, 0.3) is 0 Å². The lowest BCUT2D eigenvalue weighted by molar-refractivity contribution is 0.165. The Kier molecular flexibility index (Phi) is 5.83. The standard InChI is InChI=1S/C14H24N4O2/c1-3-10-15-12-16-13(19-2)18-14(17-12)20-11-8-6-4-5-7-9-11/h11H,3-10H2,1-2H3,(H,15,16,17,18). The molecule has 0 atom stereocenters. The Labute approximate surface area is 120 Å². The quantitative estimate of drug-likeness (QED) is 0.808. The Morgan fingerprint density at radius 3 is 2.40 bits per heavy atom. The van der Waals surface area contributed by atoms with Gasteiger partial charge < -0.3 is 14.8 Å². The summed E-state index contributed by atoms with van der Waals surface area (Å²) >= 11 is 0. The molecule has 6 heteroatoms. The van der Waals surface area contributed by atoms with Crippen molar-refractivity contribution >= 4 is 5.95 Å². The highest BCUT2D eigenvalue weighted by molar-refractivity contribution is 5.27. The van der Waals surface area contributed by atoms with Gasteiger partial charge in [-0.25, -0.2) is 0 Å². The van der Waals surface area contributed by atoms with E-state index in [0.29, 0.717) is 18.0 Å². The number of hydrogen-bond donors (Lipinski definition) is 1. The predicted octanol–water partition coefficient (Wildman–Crippen LogP) is 2.80. The number of aromatic nitrogens is 3. The first kappa shape index (κ1) is 14.8. The summed E-state index contributed by atoms with van der Waals surface area (Å²) in [4.78, 5) is 12.7. The topological polar surface area (TPSA) is 69.2 Å². The van der Waals surface area contributed by atoms with Crippen molar-refractivity contribution in [1.29, 1.82) is 0 Å². The number of methoxy groups -OCH3 is 1. The maximum absolute atomic E-state index is 5.92. The first-order valence-corrected chi connectivity index (χ1v) is 7.52. The molecule has 0 spiro atoms. The van der Waals surface area contributed by atoms with E-state index in [-0.39, 0.29) is 6.10 Å². The lowest BCUT2D eigenvalue weighted by atomic mass is 10.2. The molecule has 1 heterocycles. The zero-order chi connectivity index (χ0) is 14.2. The van der Waals surface area contributed by atoms with Gasteiger partial charge in [0.05, 0.1) is 7.11 Å². The summed E-state index contributed by atoms with van der Waals surface area (Å²) in [6, 6.07) is 0.657. The van der Waals surface area contributed by atoms with Gasteiger partial charge in [0.2, 0.25) is 5.95 Å². The summed E-state index contributed by atoms with van der Waals surface area (Å²) in [6.45, 7) is 2.91. The van der Waals surface area contributed by atoms with E-state index in [2.05, 4.69) is 27.2 Å². The van der Waals surface area contributed by atoms with Crippen LogP contribution < -0.4 is 14.8 Å². The molecule has 1 fully saturated rings. The molecule has 0 unspecified atom stereocenters. The molecule has 112 valence electrons. The third-order valence-corrected chi connectivity index (χ3v) is 3.38. The zero-order valence-electron chi connectivity index (χ0n) is 12.4. The molecule has 1 aromatic rings. The van der Waals surface area contributed by atoms with Crippen molar-refractivity contribution in [3.63, 3.8) is 0 Å². The minimum Gasteiger partial charge on any atom is -0.467 e. The van der Waals surface area contributed by atoms with Gasteiger partial charge in [-0.3, -0.25) is 0 Å². The highest BCUT2D eigenvalue weighted by Crippen LogP contribution is 2.22. The van der Waals surface area contributed by atoms with Gasteiger partial charge in [-0.05, 0) is 32.1 Å². The third kappa shape index (κ3) is 4.51. The van der Waals surface area contributed by atoms with Crippen LogP contribution in [0.4, 0.5) is 5.95 Å². The average molecular weight is 280 g/mol. The molecule has 1 saturated carbocycles. The second kappa shape index (κ2) is 7.87. The van der Waals surface area contributed by atoms with Gasteiger partial charge in [-0.2, -0.15) is 9.97 Å². The highest BCUT2D eigenvalue weighted by atomic mass is 16.5. The van der Waals surface area contributed by atoms with Crippen molar-refractivity contribution in [2.45, 2.75) is 58.0 Å². The van der Waals surface area contributed by atoms with Crippen molar-refractivity contribution in [1.82, 2.24) is 15.0 Å². The van der Waals surface area contributed by atoms with Gasteiger partial charge in [0, 0.05) is 6.54 Å². The minimum atomic E-state index is 0.212. The Balaban J connectivity index is 2.04. The van der Waals surface area contributed by atoms with Crippen molar-refractivity contribution in [3.05, 3.63) is 0 Å². The van der Waals surface area contributed by atoms with Crippen LogP contribution in [0.15, 0.2) is 0 Å². The summed E-state index contributed by atoms with van der Waals surface area (Å²) in [5.41, 5.74) is 0. The molecule has 0 aliphatic heterocycles. The molecule has 2 rings (SSSR count). The summed E-state index contributed by atoms with van der Waals surface area (Å²) in [7, 11) is 1.55. The van der Waals surface area contributed by atoms with Crippen molar-refractivity contribution < 1.29 is 9.47 Å². The normalized spacial score (nSPS) is 16.5. The molecule has 0 aromatic carbocycles. The van der Waals surface area contributed by atoms with Crippen molar-refractivity contribution in [2.75, 3.05) is 19.0 Å². The maximum atomic E-state index is 5.92. The molecular formula is C14H24N4O2. The van der Waals surface area contributed by atoms with E-state index in [1.165, 1.54) is 25.7 Å². The lowest BCUT2D eigenvalue weighted by Gasteiger charge is -2.16. The van der Waals surface area contributed by atoms with Crippen LogP contribution in [-0.4, -0.2) is 34.7 Å². The van der Waals surface area contributed by atoms with E-state index in [9.17, 15) is 0 Å². The van der Waals surface area contributed by atoms with Crippen LogP contribution in [0.3, 0.4) is 0 Å². The largest absolute Gasteiger partial charge is 0.467 e. The second-order valence-corrected chi connectivity index (χ2v) is 5.09. The SMILES string of the molecule is CCCNc1nc(OC)nc(OC2CCCCCC2)n1. The number of anilines is 1. The van der Waals surface area contributed by atoms with E-state index in [1.807, 2.05) is 0 Å². The molecule has 0 saturated heterocycles. The smallest absolute Gasteiger partial charge is 0.324 e. The van der Waals surface area contributed by atoms with E-state index < -0.39 is 0 Å². The maximum Gasteiger partial charge on any atom is 0.324 e. The fourth-order valence-electron chi connectivity index (χ4n) is 2.31.